The number of carbonyl (C=O) groups excluding carboxylic acids is 2. The SMILES string of the molecule is C[C@@H](NC(=O)COC(=O)c1ccc(S(=O)(=O)N2CCCc3ccccc32)cc1)c1ccccc1. The molecule has 0 aromatic heterocycles. The minimum Gasteiger partial charge on any atom is -0.452 e. The Bertz CT molecular complexity index is 1270. The summed E-state index contributed by atoms with van der Waals surface area (Å²) < 4.78 is 33.0. The molecule has 1 aliphatic rings. The topological polar surface area (TPSA) is 92.8 Å². The molecule has 1 aliphatic heterocycles. The molecule has 1 atom stereocenters. The third-order valence-corrected chi connectivity index (χ3v) is 7.58. The average molecular weight is 479 g/mol. The van der Waals surface area contributed by atoms with Gasteiger partial charge >= 0.3 is 5.97 Å². The van der Waals surface area contributed by atoms with Gasteiger partial charge in [-0.05, 0) is 61.2 Å². The molecule has 0 spiro atoms. The quantitative estimate of drug-likeness (QED) is 0.521. The highest BCUT2D eigenvalue weighted by Crippen LogP contribution is 2.31. The van der Waals surface area contributed by atoms with E-state index in [-0.39, 0.29) is 16.5 Å². The number of hydrogen-bond donors (Lipinski definition) is 1. The van der Waals surface area contributed by atoms with Crippen molar-refractivity contribution in [2.75, 3.05) is 17.5 Å². The molecule has 1 N–H and O–H groups in total. The van der Waals surface area contributed by atoms with Gasteiger partial charge in [0.05, 0.1) is 22.2 Å². The maximum Gasteiger partial charge on any atom is 0.338 e. The Kier molecular flexibility index (Phi) is 6.98. The number of anilines is 1. The van der Waals surface area contributed by atoms with Crippen molar-refractivity contribution in [2.45, 2.75) is 30.7 Å². The maximum absolute atomic E-state index is 13.2. The zero-order valence-corrected chi connectivity index (χ0v) is 19.6. The van der Waals surface area contributed by atoms with Crippen LogP contribution in [-0.2, 0) is 26.0 Å². The van der Waals surface area contributed by atoms with Crippen molar-refractivity contribution in [3.63, 3.8) is 0 Å². The second kappa shape index (κ2) is 10.1. The van der Waals surface area contributed by atoms with Crippen LogP contribution in [0.3, 0.4) is 0 Å². The normalized spacial score (nSPS) is 14.1. The Morgan fingerprint density at radius 2 is 1.65 bits per heavy atom. The molecule has 8 heteroatoms. The van der Waals surface area contributed by atoms with Crippen LogP contribution in [0.25, 0.3) is 0 Å². The molecule has 0 radical (unpaired) electrons. The predicted molar refractivity (Wildman–Crippen MR) is 129 cm³/mol. The number of ether oxygens (including phenoxy) is 1. The van der Waals surface area contributed by atoms with E-state index in [4.69, 9.17) is 4.74 Å². The van der Waals surface area contributed by atoms with Crippen LogP contribution in [-0.4, -0.2) is 33.4 Å². The third kappa shape index (κ3) is 5.12. The van der Waals surface area contributed by atoms with Crippen LogP contribution in [0.1, 0.15) is 40.9 Å². The summed E-state index contributed by atoms with van der Waals surface area (Å²) in [7, 11) is -3.77. The number of hydrogen-bond acceptors (Lipinski definition) is 5. The molecule has 0 bridgehead atoms. The summed E-state index contributed by atoms with van der Waals surface area (Å²) in [6, 6.07) is 22.3. The van der Waals surface area contributed by atoms with Gasteiger partial charge in [-0.3, -0.25) is 9.10 Å². The van der Waals surface area contributed by atoms with Gasteiger partial charge in [-0.15, -0.1) is 0 Å². The number of amides is 1. The third-order valence-electron chi connectivity index (χ3n) is 5.76. The van der Waals surface area contributed by atoms with E-state index in [1.54, 1.807) is 0 Å². The van der Waals surface area contributed by atoms with Gasteiger partial charge in [-0.1, -0.05) is 48.5 Å². The maximum atomic E-state index is 13.2. The van der Waals surface area contributed by atoms with Crippen LogP contribution < -0.4 is 9.62 Å². The van der Waals surface area contributed by atoms with Gasteiger partial charge in [0.15, 0.2) is 6.61 Å². The van der Waals surface area contributed by atoms with Gasteiger partial charge in [0.2, 0.25) is 0 Å². The lowest BCUT2D eigenvalue weighted by Gasteiger charge is -2.30. The molecule has 176 valence electrons. The van der Waals surface area contributed by atoms with Crippen LogP contribution >= 0.6 is 0 Å². The number of benzene rings is 3. The van der Waals surface area contributed by atoms with E-state index >= 15 is 0 Å². The number of rotatable bonds is 7. The predicted octanol–water partition coefficient (Wildman–Crippen LogP) is 3.86. The Hall–Kier alpha value is -3.65. The monoisotopic (exact) mass is 478 g/mol. The molecule has 3 aromatic rings. The van der Waals surface area contributed by atoms with Crippen molar-refractivity contribution in [1.29, 1.82) is 0 Å². The molecule has 0 aliphatic carbocycles. The summed E-state index contributed by atoms with van der Waals surface area (Å²) in [5.41, 5.74) is 2.79. The van der Waals surface area contributed by atoms with Gasteiger partial charge in [0.1, 0.15) is 0 Å². The summed E-state index contributed by atoms with van der Waals surface area (Å²) in [5.74, 6) is -1.12. The van der Waals surface area contributed by atoms with Crippen molar-refractivity contribution in [3.8, 4) is 0 Å². The summed E-state index contributed by atoms with van der Waals surface area (Å²) in [6.45, 7) is 1.81. The summed E-state index contributed by atoms with van der Waals surface area (Å²) in [6.07, 6.45) is 1.58. The second-order valence-electron chi connectivity index (χ2n) is 8.11. The first-order valence-electron chi connectivity index (χ1n) is 11.1. The van der Waals surface area contributed by atoms with E-state index in [2.05, 4.69) is 5.32 Å². The van der Waals surface area contributed by atoms with E-state index in [1.165, 1.54) is 28.6 Å². The van der Waals surface area contributed by atoms with Gasteiger partial charge in [0, 0.05) is 6.54 Å². The number of nitrogens with zero attached hydrogens (tertiary/aromatic N) is 1. The molecule has 1 heterocycles. The van der Waals surface area contributed by atoms with Crippen LogP contribution in [0.15, 0.2) is 83.8 Å². The first-order chi connectivity index (χ1) is 16.4. The minimum atomic E-state index is -3.77. The highest BCUT2D eigenvalue weighted by atomic mass is 32.2. The van der Waals surface area contributed by atoms with E-state index in [0.717, 1.165) is 24.0 Å². The minimum absolute atomic E-state index is 0.0928. The number of fused-ring (bicyclic) bond motifs is 1. The van der Waals surface area contributed by atoms with Crippen molar-refractivity contribution < 1.29 is 22.7 Å². The fraction of sp³-hybridized carbons (Fsp3) is 0.231. The van der Waals surface area contributed by atoms with Gasteiger partial charge < -0.3 is 10.1 Å². The van der Waals surface area contributed by atoms with Crippen LogP contribution in [0.4, 0.5) is 5.69 Å². The van der Waals surface area contributed by atoms with Crippen molar-refractivity contribution in [1.82, 2.24) is 5.32 Å². The largest absolute Gasteiger partial charge is 0.452 e. The lowest BCUT2D eigenvalue weighted by molar-refractivity contribution is -0.124. The summed E-state index contributed by atoms with van der Waals surface area (Å²) >= 11 is 0. The molecule has 0 saturated heterocycles. The Morgan fingerprint density at radius 3 is 2.38 bits per heavy atom. The zero-order chi connectivity index (χ0) is 24.1. The fourth-order valence-corrected chi connectivity index (χ4v) is 5.50. The van der Waals surface area contributed by atoms with Crippen molar-refractivity contribution in [2.24, 2.45) is 0 Å². The Balaban J connectivity index is 1.38. The number of para-hydroxylation sites is 1. The smallest absolute Gasteiger partial charge is 0.338 e. The van der Waals surface area contributed by atoms with Crippen LogP contribution in [0, 0.1) is 0 Å². The Morgan fingerprint density at radius 1 is 0.971 bits per heavy atom. The lowest BCUT2D eigenvalue weighted by Crippen LogP contribution is -2.35. The highest BCUT2D eigenvalue weighted by Gasteiger charge is 2.29. The summed E-state index contributed by atoms with van der Waals surface area (Å²) in [5, 5.41) is 2.78. The molecule has 4 rings (SSSR count). The molecule has 0 saturated carbocycles. The van der Waals surface area contributed by atoms with Crippen molar-refractivity contribution >= 4 is 27.6 Å². The van der Waals surface area contributed by atoms with Gasteiger partial charge in [-0.25, -0.2) is 13.2 Å². The average Bonchev–Trinajstić information content (AvgIpc) is 2.87. The first kappa shape index (κ1) is 23.5. The Labute approximate surface area is 199 Å². The highest BCUT2D eigenvalue weighted by molar-refractivity contribution is 7.92. The molecule has 3 aromatic carbocycles. The second-order valence-corrected chi connectivity index (χ2v) is 9.97. The lowest BCUT2D eigenvalue weighted by atomic mass is 10.0. The molecule has 0 unspecified atom stereocenters. The molecular formula is C26H26N2O5S. The molecular weight excluding hydrogens is 452 g/mol. The van der Waals surface area contributed by atoms with Gasteiger partial charge in [-0.2, -0.15) is 0 Å². The number of nitrogens with one attached hydrogen (secondary N) is 1. The standard InChI is InChI=1S/C26H26N2O5S/c1-19(20-8-3-2-4-9-20)27-25(29)18-33-26(30)22-13-15-23(16-14-22)34(31,32)28-17-7-11-21-10-5-6-12-24(21)28/h2-6,8-10,12-16,19H,7,11,17-18H2,1H3,(H,27,29)/t19-/m1/s1. The molecule has 34 heavy (non-hydrogen) atoms. The molecule has 0 fully saturated rings. The van der Waals surface area contributed by atoms with Gasteiger partial charge in [0.25, 0.3) is 15.9 Å². The van der Waals surface area contributed by atoms with E-state index < -0.39 is 28.5 Å². The van der Waals surface area contributed by atoms with Crippen molar-refractivity contribution in [3.05, 3.63) is 95.6 Å². The fourth-order valence-electron chi connectivity index (χ4n) is 3.96. The number of carbonyl (C=O) groups is 2. The van der Waals surface area contributed by atoms with Crippen LogP contribution in [0.2, 0.25) is 0 Å². The number of esters is 1. The molecule has 7 nitrogen and oxygen atoms in total. The zero-order valence-electron chi connectivity index (χ0n) is 18.8. The van der Waals surface area contributed by atoms with E-state index in [0.29, 0.717) is 12.2 Å². The number of sulfonamides is 1. The van der Waals surface area contributed by atoms with E-state index in [9.17, 15) is 18.0 Å². The first-order valence-corrected chi connectivity index (χ1v) is 12.5. The summed E-state index contributed by atoms with van der Waals surface area (Å²) in [4.78, 5) is 24.6. The van der Waals surface area contributed by atoms with E-state index in [1.807, 2.05) is 61.5 Å². The van der Waals surface area contributed by atoms with Crippen LogP contribution in [0.5, 0.6) is 0 Å². The number of aryl methyl sites for hydroxylation is 1. The molecule has 1 amide bonds.